The molecule has 0 aliphatic carbocycles. The first kappa shape index (κ1) is 12.6. The van der Waals surface area contributed by atoms with Crippen molar-refractivity contribution < 1.29 is 5.11 Å². The van der Waals surface area contributed by atoms with E-state index in [1.54, 1.807) is 11.8 Å². The molecule has 15 heavy (non-hydrogen) atoms. The Bertz CT molecular complexity index is 236. The lowest BCUT2D eigenvalue weighted by Gasteiger charge is -2.01. The Labute approximate surface area is 96.9 Å². The molecule has 0 aliphatic rings. The second-order valence-corrected chi connectivity index (χ2v) is 4.76. The van der Waals surface area contributed by atoms with Crippen LogP contribution in [-0.4, -0.2) is 16.8 Å². The lowest BCUT2D eigenvalue weighted by Crippen LogP contribution is -1.87. The molecule has 2 heteroatoms. The molecule has 0 saturated heterocycles. The van der Waals surface area contributed by atoms with Crippen molar-refractivity contribution >= 4 is 11.8 Å². The van der Waals surface area contributed by atoms with Crippen molar-refractivity contribution in [1.29, 1.82) is 0 Å². The summed E-state index contributed by atoms with van der Waals surface area (Å²) < 4.78 is 0. The standard InChI is InChI=1S/C13H20OS/c14-12-15-11-7-2-1-4-8-13-9-5-3-6-10-13/h3,5-6,9-10,14H,1-2,4,7-8,11-12H2. The van der Waals surface area contributed by atoms with Gasteiger partial charge in [0.25, 0.3) is 0 Å². The van der Waals surface area contributed by atoms with Crippen LogP contribution in [0.5, 0.6) is 0 Å². The number of unbranched alkanes of at least 4 members (excludes halogenated alkanes) is 3. The van der Waals surface area contributed by atoms with Crippen molar-refractivity contribution in [3.8, 4) is 0 Å². The molecule has 1 aromatic rings. The largest absolute Gasteiger partial charge is 0.386 e. The monoisotopic (exact) mass is 224 g/mol. The van der Waals surface area contributed by atoms with Crippen LogP contribution in [0.25, 0.3) is 0 Å². The zero-order chi connectivity index (χ0) is 10.8. The third-order valence-electron chi connectivity index (χ3n) is 2.44. The van der Waals surface area contributed by atoms with Crippen LogP contribution >= 0.6 is 11.8 Å². The Hall–Kier alpha value is -0.470. The van der Waals surface area contributed by atoms with Crippen LogP contribution in [0.1, 0.15) is 31.2 Å². The van der Waals surface area contributed by atoms with Crippen molar-refractivity contribution in [1.82, 2.24) is 0 Å². The second kappa shape index (κ2) is 8.81. The molecule has 1 aromatic carbocycles. The van der Waals surface area contributed by atoms with Gasteiger partial charge in [0.15, 0.2) is 0 Å². The average molecular weight is 224 g/mol. The molecule has 0 bridgehead atoms. The minimum absolute atomic E-state index is 0.268. The Morgan fingerprint density at radius 2 is 1.67 bits per heavy atom. The van der Waals surface area contributed by atoms with Gasteiger partial charge in [-0.2, -0.15) is 0 Å². The number of aliphatic hydroxyl groups is 1. The third-order valence-corrected chi connectivity index (χ3v) is 3.20. The molecule has 1 N–H and O–H groups in total. The molecule has 0 aliphatic heterocycles. The summed E-state index contributed by atoms with van der Waals surface area (Å²) in [6.45, 7) is 0. The highest BCUT2D eigenvalue weighted by Crippen LogP contribution is 2.09. The highest BCUT2D eigenvalue weighted by molar-refractivity contribution is 7.99. The molecular formula is C13H20OS. The summed E-state index contributed by atoms with van der Waals surface area (Å²) in [5, 5.41) is 8.58. The molecule has 1 nitrogen and oxygen atoms in total. The molecule has 0 saturated carbocycles. The highest BCUT2D eigenvalue weighted by Gasteiger charge is 1.93. The molecule has 84 valence electrons. The fraction of sp³-hybridized carbons (Fsp3) is 0.538. The smallest absolute Gasteiger partial charge is 0.0885 e. The third kappa shape index (κ3) is 6.58. The molecule has 0 atom stereocenters. The lowest BCUT2D eigenvalue weighted by molar-refractivity contribution is 0.375. The van der Waals surface area contributed by atoms with Gasteiger partial charge < -0.3 is 5.11 Å². The fourth-order valence-electron chi connectivity index (χ4n) is 1.60. The Kier molecular flexibility index (Phi) is 7.40. The van der Waals surface area contributed by atoms with Gasteiger partial charge in [-0.3, -0.25) is 0 Å². The van der Waals surface area contributed by atoms with Gasteiger partial charge in [-0.15, -0.1) is 11.8 Å². The maximum absolute atomic E-state index is 8.58. The van der Waals surface area contributed by atoms with Gasteiger partial charge in [-0.1, -0.05) is 43.2 Å². The summed E-state index contributed by atoms with van der Waals surface area (Å²) in [6.07, 6.45) is 6.32. The van der Waals surface area contributed by atoms with Gasteiger partial charge in [0.05, 0.1) is 5.94 Å². The van der Waals surface area contributed by atoms with Crippen molar-refractivity contribution in [2.45, 2.75) is 32.1 Å². The summed E-state index contributed by atoms with van der Waals surface area (Å²) >= 11 is 1.62. The predicted molar refractivity (Wildman–Crippen MR) is 68.2 cm³/mol. The fourth-order valence-corrected chi connectivity index (χ4v) is 2.13. The molecule has 0 aromatic heterocycles. The van der Waals surface area contributed by atoms with Crippen LogP contribution in [0, 0.1) is 0 Å². The van der Waals surface area contributed by atoms with Gasteiger partial charge in [-0.25, -0.2) is 0 Å². The number of rotatable bonds is 8. The van der Waals surface area contributed by atoms with Crippen LogP contribution in [-0.2, 0) is 6.42 Å². The van der Waals surface area contributed by atoms with Gasteiger partial charge in [0, 0.05) is 0 Å². The van der Waals surface area contributed by atoms with Crippen molar-refractivity contribution in [2.24, 2.45) is 0 Å². The van der Waals surface area contributed by atoms with E-state index in [2.05, 4.69) is 30.3 Å². The summed E-state index contributed by atoms with van der Waals surface area (Å²) in [6, 6.07) is 10.7. The molecule has 1 rings (SSSR count). The molecule has 0 spiro atoms. The molecule has 0 fully saturated rings. The predicted octanol–water partition coefficient (Wildman–Crippen LogP) is 3.47. The quantitative estimate of drug-likeness (QED) is 0.539. The molecule has 0 radical (unpaired) electrons. The van der Waals surface area contributed by atoms with Crippen LogP contribution in [0.15, 0.2) is 30.3 Å². The topological polar surface area (TPSA) is 20.2 Å². The SMILES string of the molecule is OCSCCCCCCc1ccccc1. The summed E-state index contributed by atoms with van der Waals surface area (Å²) in [5.41, 5.74) is 1.45. The van der Waals surface area contributed by atoms with Gasteiger partial charge in [0.1, 0.15) is 0 Å². The molecule has 0 unspecified atom stereocenters. The minimum atomic E-state index is 0.268. The van der Waals surface area contributed by atoms with Crippen LogP contribution in [0.3, 0.4) is 0 Å². The Morgan fingerprint density at radius 3 is 2.40 bits per heavy atom. The van der Waals surface area contributed by atoms with E-state index in [9.17, 15) is 0 Å². The van der Waals surface area contributed by atoms with E-state index in [1.807, 2.05) is 0 Å². The Balaban J connectivity index is 1.93. The van der Waals surface area contributed by atoms with Crippen LogP contribution in [0.4, 0.5) is 0 Å². The number of aliphatic hydroxyl groups excluding tert-OH is 1. The summed E-state index contributed by atoms with van der Waals surface area (Å²) in [5.74, 6) is 1.37. The number of aryl methyl sites for hydroxylation is 1. The molecule has 0 heterocycles. The van der Waals surface area contributed by atoms with E-state index in [-0.39, 0.29) is 5.94 Å². The lowest BCUT2D eigenvalue weighted by atomic mass is 10.1. The Morgan fingerprint density at radius 1 is 0.933 bits per heavy atom. The van der Waals surface area contributed by atoms with Gasteiger partial charge >= 0.3 is 0 Å². The second-order valence-electron chi connectivity index (χ2n) is 3.69. The zero-order valence-corrected chi connectivity index (χ0v) is 10.0. The van der Waals surface area contributed by atoms with Crippen LogP contribution < -0.4 is 0 Å². The summed E-state index contributed by atoms with van der Waals surface area (Å²) in [7, 11) is 0. The van der Waals surface area contributed by atoms with E-state index < -0.39 is 0 Å². The van der Waals surface area contributed by atoms with Crippen molar-refractivity contribution in [2.75, 3.05) is 11.7 Å². The maximum atomic E-state index is 8.58. The highest BCUT2D eigenvalue weighted by atomic mass is 32.2. The van der Waals surface area contributed by atoms with Crippen LogP contribution in [0.2, 0.25) is 0 Å². The van der Waals surface area contributed by atoms with E-state index >= 15 is 0 Å². The van der Waals surface area contributed by atoms with E-state index in [0.717, 1.165) is 5.75 Å². The number of benzene rings is 1. The molecule has 0 amide bonds. The van der Waals surface area contributed by atoms with E-state index in [4.69, 9.17) is 5.11 Å². The molecular weight excluding hydrogens is 204 g/mol. The number of thioether (sulfide) groups is 1. The van der Waals surface area contributed by atoms with Gasteiger partial charge in [-0.05, 0) is 30.6 Å². The van der Waals surface area contributed by atoms with E-state index in [1.165, 1.54) is 37.7 Å². The number of hydrogen-bond acceptors (Lipinski definition) is 2. The number of hydrogen-bond donors (Lipinski definition) is 1. The summed E-state index contributed by atoms with van der Waals surface area (Å²) in [4.78, 5) is 0. The minimum Gasteiger partial charge on any atom is -0.386 e. The van der Waals surface area contributed by atoms with E-state index in [0.29, 0.717) is 0 Å². The van der Waals surface area contributed by atoms with Gasteiger partial charge in [0.2, 0.25) is 0 Å². The average Bonchev–Trinajstić information content (AvgIpc) is 2.29. The zero-order valence-electron chi connectivity index (χ0n) is 9.19. The first-order valence-corrected chi connectivity index (χ1v) is 6.81. The first-order chi connectivity index (χ1) is 7.43. The van der Waals surface area contributed by atoms with Crippen molar-refractivity contribution in [3.63, 3.8) is 0 Å². The first-order valence-electron chi connectivity index (χ1n) is 5.66. The van der Waals surface area contributed by atoms with Crippen molar-refractivity contribution in [3.05, 3.63) is 35.9 Å². The maximum Gasteiger partial charge on any atom is 0.0885 e. The normalized spacial score (nSPS) is 10.5.